The number of aromatic nitrogens is 3. The summed E-state index contributed by atoms with van der Waals surface area (Å²) in [6.07, 6.45) is 1.96. The maximum Gasteiger partial charge on any atom is 0.254 e. The molecule has 2 aromatic rings. The van der Waals surface area contributed by atoms with Gasteiger partial charge < -0.3 is 14.8 Å². The number of amides is 1. The first kappa shape index (κ1) is 15.4. The number of hydrogen-bond donors (Lipinski definition) is 2. The van der Waals surface area contributed by atoms with Crippen LogP contribution >= 0.6 is 0 Å². The fraction of sp³-hybridized carbons (Fsp3) is 0.400. The highest BCUT2D eigenvalue weighted by molar-refractivity contribution is 5.94. The number of methoxy groups -OCH3 is 1. The van der Waals surface area contributed by atoms with Crippen LogP contribution in [0.4, 0.5) is 4.39 Å². The van der Waals surface area contributed by atoms with Gasteiger partial charge in [-0.05, 0) is 18.6 Å². The van der Waals surface area contributed by atoms with Gasteiger partial charge in [0.2, 0.25) is 0 Å². The number of aromatic amines is 1. The lowest BCUT2D eigenvalue weighted by Crippen LogP contribution is -2.31. The summed E-state index contributed by atoms with van der Waals surface area (Å²) >= 11 is 0. The number of nitrogens with one attached hydrogen (secondary N) is 2. The molecule has 0 bridgehead atoms. The molecule has 1 aromatic carbocycles. The zero-order valence-electron chi connectivity index (χ0n) is 12.6. The van der Waals surface area contributed by atoms with Crippen molar-refractivity contribution in [3.63, 3.8) is 0 Å². The quantitative estimate of drug-likeness (QED) is 0.870. The van der Waals surface area contributed by atoms with Crippen LogP contribution < -0.4 is 10.1 Å². The third-order valence-electron chi connectivity index (χ3n) is 3.87. The number of ether oxygens (including phenoxy) is 2. The van der Waals surface area contributed by atoms with Crippen molar-refractivity contribution in [1.29, 1.82) is 0 Å². The van der Waals surface area contributed by atoms with E-state index in [1.807, 2.05) is 0 Å². The van der Waals surface area contributed by atoms with Gasteiger partial charge in [0.15, 0.2) is 17.4 Å². The summed E-state index contributed by atoms with van der Waals surface area (Å²) < 4.78 is 24.6. The van der Waals surface area contributed by atoms with E-state index in [1.165, 1.54) is 25.6 Å². The van der Waals surface area contributed by atoms with Crippen molar-refractivity contribution in [3.8, 4) is 5.75 Å². The molecule has 7 nitrogen and oxygen atoms in total. The third-order valence-corrected chi connectivity index (χ3v) is 3.87. The Morgan fingerprint density at radius 3 is 3.17 bits per heavy atom. The van der Waals surface area contributed by atoms with Crippen LogP contribution in [-0.4, -0.2) is 41.3 Å². The van der Waals surface area contributed by atoms with Gasteiger partial charge in [0.25, 0.3) is 5.91 Å². The highest BCUT2D eigenvalue weighted by Gasteiger charge is 2.32. The minimum atomic E-state index is -0.665. The molecule has 1 aliphatic rings. The van der Waals surface area contributed by atoms with E-state index in [1.54, 1.807) is 6.07 Å². The molecule has 0 unspecified atom stereocenters. The Labute approximate surface area is 132 Å². The van der Waals surface area contributed by atoms with E-state index in [9.17, 15) is 9.18 Å². The predicted molar refractivity (Wildman–Crippen MR) is 78.5 cm³/mol. The zero-order chi connectivity index (χ0) is 16.2. The molecule has 0 aliphatic carbocycles. The molecule has 1 amide bonds. The van der Waals surface area contributed by atoms with Crippen molar-refractivity contribution in [2.75, 3.05) is 20.3 Å². The Morgan fingerprint density at radius 2 is 2.43 bits per heavy atom. The molecule has 8 heteroatoms. The average Bonchev–Trinajstić information content (AvgIpc) is 3.23. The van der Waals surface area contributed by atoms with Gasteiger partial charge in [0.1, 0.15) is 12.4 Å². The van der Waals surface area contributed by atoms with Crippen molar-refractivity contribution < 1.29 is 18.7 Å². The number of H-pyrrole nitrogens is 1. The van der Waals surface area contributed by atoms with Crippen LogP contribution in [0.5, 0.6) is 5.75 Å². The molecule has 1 aliphatic heterocycles. The number of rotatable bonds is 5. The van der Waals surface area contributed by atoms with Crippen LogP contribution in [0.2, 0.25) is 0 Å². The van der Waals surface area contributed by atoms with E-state index < -0.39 is 11.7 Å². The lowest BCUT2D eigenvalue weighted by atomic mass is 10.0. The van der Waals surface area contributed by atoms with Crippen LogP contribution in [0.25, 0.3) is 0 Å². The van der Waals surface area contributed by atoms with E-state index >= 15 is 0 Å². The molecule has 23 heavy (non-hydrogen) atoms. The fourth-order valence-corrected chi connectivity index (χ4v) is 2.66. The van der Waals surface area contributed by atoms with Crippen molar-refractivity contribution in [2.45, 2.75) is 12.5 Å². The van der Waals surface area contributed by atoms with Gasteiger partial charge in [-0.15, -0.1) is 0 Å². The standard InChI is InChI=1S/C15H17FN4O3/c1-22-11-4-2-3-10(12(11)16)15(21)17-7-9-5-6-23-13(9)14-18-8-19-20-14/h2-4,8-9,13H,5-7H2,1H3,(H,17,21)(H,18,19,20)/t9-,13-/m0/s1. The molecule has 2 N–H and O–H groups in total. The lowest BCUT2D eigenvalue weighted by Gasteiger charge is -2.17. The number of carbonyl (C=O) groups excluding carboxylic acids is 1. The van der Waals surface area contributed by atoms with Crippen LogP contribution in [0.3, 0.4) is 0 Å². The Balaban J connectivity index is 1.65. The van der Waals surface area contributed by atoms with E-state index in [0.717, 1.165) is 6.42 Å². The van der Waals surface area contributed by atoms with E-state index in [2.05, 4.69) is 20.5 Å². The molecular weight excluding hydrogens is 303 g/mol. The third kappa shape index (κ3) is 3.16. The van der Waals surface area contributed by atoms with Gasteiger partial charge in [-0.25, -0.2) is 9.37 Å². The van der Waals surface area contributed by atoms with Crippen LogP contribution in [0.15, 0.2) is 24.5 Å². The Morgan fingerprint density at radius 1 is 1.57 bits per heavy atom. The van der Waals surface area contributed by atoms with Crippen LogP contribution in [0, 0.1) is 11.7 Å². The number of benzene rings is 1. The summed E-state index contributed by atoms with van der Waals surface area (Å²) in [6, 6.07) is 4.47. The molecule has 122 valence electrons. The molecule has 1 fully saturated rings. The maximum absolute atomic E-state index is 14.1. The molecular formula is C15H17FN4O3. The second-order valence-electron chi connectivity index (χ2n) is 5.24. The van der Waals surface area contributed by atoms with Gasteiger partial charge >= 0.3 is 0 Å². The lowest BCUT2D eigenvalue weighted by molar-refractivity contribution is 0.0797. The molecule has 3 rings (SSSR count). The number of halogens is 1. The molecule has 2 atom stereocenters. The average molecular weight is 320 g/mol. The predicted octanol–water partition coefficient (Wildman–Crippen LogP) is 1.46. The van der Waals surface area contributed by atoms with Crippen LogP contribution in [0.1, 0.15) is 28.7 Å². The zero-order valence-corrected chi connectivity index (χ0v) is 12.6. The summed E-state index contributed by atoms with van der Waals surface area (Å²) in [4.78, 5) is 16.3. The fourth-order valence-electron chi connectivity index (χ4n) is 2.66. The second-order valence-corrected chi connectivity index (χ2v) is 5.24. The number of nitrogens with zero attached hydrogens (tertiary/aromatic N) is 2. The Kier molecular flexibility index (Phi) is 4.52. The molecule has 0 radical (unpaired) electrons. The van der Waals surface area contributed by atoms with Gasteiger partial charge in [0, 0.05) is 19.1 Å². The smallest absolute Gasteiger partial charge is 0.254 e. The second kappa shape index (κ2) is 6.74. The van der Waals surface area contributed by atoms with E-state index in [0.29, 0.717) is 19.0 Å². The largest absolute Gasteiger partial charge is 0.494 e. The Hall–Kier alpha value is -2.48. The molecule has 1 aromatic heterocycles. The number of carbonyl (C=O) groups is 1. The van der Waals surface area contributed by atoms with Crippen molar-refractivity contribution in [1.82, 2.24) is 20.5 Å². The Bertz CT molecular complexity index is 677. The van der Waals surface area contributed by atoms with E-state index in [4.69, 9.17) is 9.47 Å². The van der Waals surface area contributed by atoms with E-state index in [-0.39, 0.29) is 23.3 Å². The minimum Gasteiger partial charge on any atom is -0.494 e. The van der Waals surface area contributed by atoms with Gasteiger partial charge in [0.05, 0.1) is 12.7 Å². The molecule has 0 saturated carbocycles. The summed E-state index contributed by atoms with van der Waals surface area (Å²) in [5.74, 6) is -0.414. The topological polar surface area (TPSA) is 89.1 Å². The molecule has 1 saturated heterocycles. The first-order valence-corrected chi connectivity index (χ1v) is 7.28. The van der Waals surface area contributed by atoms with Gasteiger partial charge in [-0.3, -0.25) is 9.89 Å². The summed E-state index contributed by atoms with van der Waals surface area (Å²) in [5.41, 5.74) is -0.0421. The van der Waals surface area contributed by atoms with Gasteiger partial charge in [-0.2, -0.15) is 5.10 Å². The molecule has 0 spiro atoms. The monoisotopic (exact) mass is 320 g/mol. The minimum absolute atomic E-state index is 0.0421. The van der Waals surface area contributed by atoms with Crippen LogP contribution in [-0.2, 0) is 4.74 Å². The van der Waals surface area contributed by atoms with Crippen molar-refractivity contribution >= 4 is 5.91 Å². The normalized spacial score (nSPS) is 20.4. The number of hydrogen-bond acceptors (Lipinski definition) is 5. The SMILES string of the molecule is COc1cccc(C(=O)NC[C@@H]2CCO[C@@H]2c2ncn[nH]2)c1F. The van der Waals surface area contributed by atoms with Crippen molar-refractivity contribution in [2.24, 2.45) is 5.92 Å². The van der Waals surface area contributed by atoms with Gasteiger partial charge in [-0.1, -0.05) is 6.07 Å². The highest BCUT2D eigenvalue weighted by Crippen LogP contribution is 2.31. The maximum atomic E-state index is 14.1. The highest BCUT2D eigenvalue weighted by atomic mass is 19.1. The van der Waals surface area contributed by atoms with Crippen molar-refractivity contribution in [3.05, 3.63) is 41.7 Å². The summed E-state index contributed by atoms with van der Waals surface area (Å²) in [5, 5.41) is 9.33. The summed E-state index contributed by atoms with van der Waals surface area (Å²) in [7, 11) is 1.36. The summed E-state index contributed by atoms with van der Waals surface area (Å²) in [6.45, 7) is 0.945. The first-order valence-electron chi connectivity index (χ1n) is 7.28. The molecule has 2 heterocycles. The first-order chi connectivity index (χ1) is 11.2.